The molecular formula is C43H45ClN4O6Si. The van der Waals surface area contributed by atoms with E-state index in [1.165, 1.54) is 5.01 Å². The molecule has 0 radical (unpaired) electrons. The first-order chi connectivity index (χ1) is 26.4. The number of aliphatic hydroxyl groups is 1. The van der Waals surface area contributed by atoms with Crippen LogP contribution in [-0.2, 0) is 44.2 Å². The van der Waals surface area contributed by atoms with Gasteiger partial charge in [-0.3, -0.25) is 14.4 Å². The molecule has 4 aliphatic heterocycles. The van der Waals surface area contributed by atoms with Crippen molar-refractivity contribution in [3.63, 3.8) is 0 Å². The van der Waals surface area contributed by atoms with Crippen LogP contribution in [0.25, 0.3) is 0 Å². The number of halogens is 1. The van der Waals surface area contributed by atoms with Gasteiger partial charge in [0.15, 0.2) is 13.9 Å². The van der Waals surface area contributed by atoms with Crippen molar-refractivity contribution in [2.24, 2.45) is 11.0 Å². The van der Waals surface area contributed by atoms with Gasteiger partial charge in [-0.1, -0.05) is 85.3 Å². The van der Waals surface area contributed by atoms with E-state index < -0.39 is 31.5 Å². The van der Waals surface area contributed by atoms with Gasteiger partial charge in [0.1, 0.15) is 0 Å². The molecule has 55 heavy (non-hydrogen) atoms. The lowest BCUT2D eigenvalue weighted by Crippen LogP contribution is -2.48. The Hall–Kier alpha value is -4.65. The molecule has 5 atom stereocenters. The van der Waals surface area contributed by atoms with E-state index >= 15 is 4.79 Å². The average Bonchev–Trinajstić information content (AvgIpc) is 3.60. The summed E-state index contributed by atoms with van der Waals surface area (Å²) in [6.07, 6.45) is 0.617. The standard InChI is InChI=1S/C43H45ClN4O6Si/c1-27-41(55(2,3)53)38(23-40(51)46-25-31-14-8-7-13-30(31)21-34(46)26-49)54-43(27)35-22-32(44)16-18-37(35)47(42(43)52)24-28-10-9-15-33(20-28)48-39(50)19-17-36(45-48)29-11-5-4-6-12-29/h4-16,18,20,22,27,34,38,41,49,53H,17,19,21,23-26H2,1-3H3/t27-,34-,38+,41-,43+/m0/s1. The lowest BCUT2D eigenvalue weighted by atomic mass is 9.82. The van der Waals surface area contributed by atoms with Crippen molar-refractivity contribution >= 4 is 54.7 Å². The Bertz CT molecular complexity index is 2190. The highest BCUT2D eigenvalue weighted by Gasteiger charge is 2.66. The molecule has 8 rings (SSSR count). The molecule has 284 valence electrons. The quantitative estimate of drug-likeness (QED) is 0.196. The summed E-state index contributed by atoms with van der Waals surface area (Å²) in [4.78, 5) is 57.6. The van der Waals surface area contributed by atoms with Crippen LogP contribution in [0.5, 0.6) is 0 Å². The lowest BCUT2D eigenvalue weighted by Gasteiger charge is -2.37. The summed E-state index contributed by atoms with van der Waals surface area (Å²) in [7, 11) is -3.07. The predicted molar refractivity (Wildman–Crippen MR) is 214 cm³/mol. The minimum Gasteiger partial charge on any atom is -0.432 e. The van der Waals surface area contributed by atoms with E-state index in [1.54, 1.807) is 21.9 Å². The fraction of sp³-hybridized carbons (Fsp3) is 0.349. The van der Waals surface area contributed by atoms with E-state index in [0.29, 0.717) is 47.8 Å². The van der Waals surface area contributed by atoms with Gasteiger partial charge in [-0.25, -0.2) is 5.01 Å². The number of nitrogens with zero attached hydrogens (tertiary/aromatic N) is 4. The van der Waals surface area contributed by atoms with Crippen LogP contribution >= 0.6 is 11.6 Å². The highest BCUT2D eigenvalue weighted by atomic mass is 35.5. The minimum absolute atomic E-state index is 0.0486. The number of hydrogen-bond donors (Lipinski definition) is 2. The van der Waals surface area contributed by atoms with Crippen molar-refractivity contribution < 1.29 is 29.0 Å². The normalized spacial score (nSPS) is 25.0. The molecule has 3 amide bonds. The molecule has 1 fully saturated rings. The van der Waals surface area contributed by atoms with Gasteiger partial charge in [0.25, 0.3) is 5.91 Å². The Morgan fingerprint density at radius 3 is 2.45 bits per heavy atom. The van der Waals surface area contributed by atoms with Crippen LogP contribution in [0.2, 0.25) is 23.7 Å². The van der Waals surface area contributed by atoms with Gasteiger partial charge in [-0.2, -0.15) is 5.10 Å². The zero-order chi connectivity index (χ0) is 38.6. The maximum atomic E-state index is 15.1. The number of carbonyl (C=O) groups is 3. The second-order valence-corrected chi connectivity index (χ2v) is 20.1. The molecule has 2 N–H and O–H groups in total. The third kappa shape index (κ3) is 6.61. The molecule has 10 nitrogen and oxygen atoms in total. The van der Waals surface area contributed by atoms with Crippen LogP contribution < -0.4 is 9.91 Å². The van der Waals surface area contributed by atoms with Crippen molar-refractivity contribution in [2.45, 2.75) is 82.1 Å². The largest absolute Gasteiger partial charge is 0.432 e. The molecule has 12 heteroatoms. The van der Waals surface area contributed by atoms with E-state index in [1.807, 2.05) is 105 Å². The Morgan fingerprint density at radius 2 is 1.71 bits per heavy atom. The van der Waals surface area contributed by atoms with Gasteiger partial charge in [-0.05, 0) is 72.1 Å². The predicted octanol–water partition coefficient (Wildman–Crippen LogP) is 6.55. The van der Waals surface area contributed by atoms with Crippen molar-refractivity contribution in [2.75, 3.05) is 16.5 Å². The molecule has 0 bridgehead atoms. The molecule has 0 aromatic heterocycles. The average molecular weight is 777 g/mol. The number of anilines is 2. The van der Waals surface area contributed by atoms with Crippen LogP contribution in [0, 0.1) is 5.92 Å². The van der Waals surface area contributed by atoms with Crippen molar-refractivity contribution in [1.29, 1.82) is 0 Å². The number of ether oxygens (including phenoxy) is 1. The number of hydrazone groups is 1. The van der Waals surface area contributed by atoms with Gasteiger partial charge in [-0.15, -0.1) is 0 Å². The first kappa shape index (κ1) is 37.3. The topological polar surface area (TPSA) is 123 Å². The Labute approximate surface area is 327 Å². The molecule has 1 saturated heterocycles. The molecule has 4 aliphatic rings. The SMILES string of the molecule is C[C@H]1[C@H]([Si](C)(C)O)[C@@H](CC(=O)N2Cc3ccccc3C[C@H]2CO)O[C@]12C(=O)N(Cc1cccc(N3N=C(c4ccccc4)CCC3=O)c1)c1ccc(Cl)cc12. The molecule has 4 heterocycles. The summed E-state index contributed by atoms with van der Waals surface area (Å²) in [5, 5.41) is 17.0. The molecule has 0 aliphatic carbocycles. The summed E-state index contributed by atoms with van der Waals surface area (Å²) >= 11 is 6.63. The van der Waals surface area contributed by atoms with E-state index in [2.05, 4.69) is 0 Å². The van der Waals surface area contributed by atoms with Crippen molar-refractivity contribution in [3.05, 3.63) is 130 Å². The summed E-state index contributed by atoms with van der Waals surface area (Å²) in [5.41, 5.74) is 4.61. The lowest BCUT2D eigenvalue weighted by molar-refractivity contribution is -0.151. The molecule has 4 aromatic rings. The van der Waals surface area contributed by atoms with E-state index in [9.17, 15) is 19.5 Å². The van der Waals surface area contributed by atoms with Crippen LogP contribution in [0.15, 0.2) is 102 Å². The number of carbonyl (C=O) groups excluding carboxylic acids is 3. The van der Waals surface area contributed by atoms with Gasteiger partial charge in [0.05, 0.1) is 48.8 Å². The second-order valence-electron chi connectivity index (χ2n) is 15.7. The minimum atomic E-state index is -3.07. The van der Waals surface area contributed by atoms with Crippen molar-refractivity contribution in [3.8, 4) is 0 Å². The summed E-state index contributed by atoms with van der Waals surface area (Å²) in [5.74, 6) is -1.09. The van der Waals surface area contributed by atoms with E-state index in [0.717, 1.165) is 28.0 Å². The van der Waals surface area contributed by atoms with E-state index in [4.69, 9.17) is 21.4 Å². The third-order valence-electron chi connectivity index (χ3n) is 11.8. The monoisotopic (exact) mass is 776 g/mol. The smallest absolute Gasteiger partial charge is 0.264 e. The van der Waals surface area contributed by atoms with Crippen LogP contribution in [-0.4, -0.2) is 65.3 Å². The van der Waals surface area contributed by atoms with E-state index in [-0.39, 0.29) is 43.3 Å². The summed E-state index contributed by atoms with van der Waals surface area (Å²) < 4.78 is 6.95. The molecule has 4 aromatic carbocycles. The number of rotatable bonds is 8. The first-order valence-electron chi connectivity index (χ1n) is 18.9. The van der Waals surface area contributed by atoms with Crippen LogP contribution in [0.1, 0.15) is 54.0 Å². The van der Waals surface area contributed by atoms with Crippen LogP contribution in [0.3, 0.4) is 0 Å². The zero-order valence-corrected chi connectivity index (χ0v) is 32.9. The Morgan fingerprint density at radius 1 is 0.964 bits per heavy atom. The maximum Gasteiger partial charge on any atom is 0.264 e. The fourth-order valence-electron chi connectivity index (χ4n) is 9.30. The number of hydrogen-bond acceptors (Lipinski definition) is 7. The van der Waals surface area contributed by atoms with Gasteiger partial charge in [0.2, 0.25) is 11.8 Å². The fourth-order valence-corrected chi connectivity index (χ4v) is 12.0. The maximum absolute atomic E-state index is 15.1. The zero-order valence-electron chi connectivity index (χ0n) is 31.2. The second kappa shape index (κ2) is 14.4. The van der Waals surface area contributed by atoms with Gasteiger partial charge >= 0.3 is 0 Å². The third-order valence-corrected chi connectivity index (χ3v) is 14.6. The van der Waals surface area contributed by atoms with Gasteiger partial charge < -0.3 is 24.4 Å². The highest BCUT2D eigenvalue weighted by molar-refractivity contribution is 6.71. The highest BCUT2D eigenvalue weighted by Crippen LogP contribution is 2.60. The van der Waals surface area contributed by atoms with Crippen molar-refractivity contribution in [1.82, 2.24) is 4.90 Å². The molecule has 0 unspecified atom stereocenters. The molecule has 1 spiro atoms. The Balaban J connectivity index is 1.10. The number of fused-ring (bicyclic) bond motifs is 3. The summed E-state index contributed by atoms with van der Waals surface area (Å²) in [6, 6.07) is 30.2. The number of aliphatic hydroxyl groups excluding tert-OH is 1. The Kier molecular flexibility index (Phi) is 9.79. The van der Waals surface area contributed by atoms with Gasteiger partial charge in [0, 0.05) is 41.4 Å². The first-order valence-corrected chi connectivity index (χ1v) is 22.3. The summed E-state index contributed by atoms with van der Waals surface area (Å²) in [6.45, 7) is 5.96. The number of benzene rings is 4. The number of amides is 3. The van der Waals surface area contributed by atoms with Crippen LogP contribution in [0.4, 0.5) is 11.4 Å². The molecular weight excluding hydrogens is 732 g/mol. The molecule has 0 saturated carbocycles.